The lowest BCUT2D eigenvalue weighted by Gasteiger charge is -2.23. The summed E-state index contributed by atoms with van der Waals surface area (Å²) in [7, 11) is 4.72. The molecule has 0 aromatic heterocycles. The molecule has 8 heteroatoms. The van der Waals surface area contributed by atoms with Gasteiger partial charge in [0.25, 0.3) is 0 Å². The number of thioether (sulfide) groups is 1. The predicted octanol–water partition coefficient (Wildman–Crippen LogP) is 4.34. The first-order valence-corrected chi connectivity index (χ1v) is 12.1. The summed E-state index contributed by atoms with van der Waals surface area (Å²) in [5.41, 5.74) is 1.67. The van der Waals surface area contributed by atoms with Gasteiger partial charge in [0, 0.05) is 22.6 Å². The number of hydrogen-bond acceptors (Lipinski definition) is 6. The molecule has 1 aliphatic heterocycles. The van der Waals surface area contributed by atoms with Gasteiger partial charge in [-0.2, -0.15) is 0 Å². The molecule has 2 aromatic rings. The largest absolute Gasteiger partial charge is 0.493 e. The smallest absolute Gasteiger partial charge is 0.240 e. The molecule has 1 heterocycles. The Hall–Kier alpha value is -2.87. The third-order valence-corrected chi connectivity index (χ3v) is 7.49. The van der Waals surface area contributed by atoms with E-state index >= 15 is 0 Å². The molecule has 2 aromatic carbocycles. The van der Waals surface area contributed by atoms with Gasteiger partial charge in [-0.3, -0.25) is 9.59 Å². The average molecular weight is 471 g/mol. The van der Waals surface area contributed by atoms with E-state index in [1.807, 2.05) is 36.4 Å². The zero-order valence-corrected chi connectivity index (χ0v) is 20.1. The first-order chi connectivity index (χ1) is 16.0. The van der Waals surface area contributed by atoms with E-state index in [1.54, 1.807) is 38.0 Å². The monoisotopic (exact) mass is 470 g/mol. The molecule has 2 amide bonds. The maximum Gasteiger partial charge on any atom is 0.240 e. The minimum atomic E-state index is -0.171. The van der Waals surface area contributed by atoms with Gasteiger partial charge in [-0.15, -0.1) is 11.8 Å². The van der Waals surface area contributed by atoms with Crippen LogP contribution < -0.4 is 24.4 Å². The van der Waals surface area contributed by atoms with E-state index in [-0.39, 0.29) is 36.1 Å². The molecule has 0 unspecified atom stereocenters. The third-order valence-electron chi connectivity index (χ3n) is 6.17. The Balaban J connectivity index is 1.63. The summed E-state index contributed by atoms with van der Waals surface area (Å²) in [6.45, 7) is 0.0227. The molecule has 2 aliphatic rings. The maximum absolute atomic E-state index is 13.4. The molecule has 0 spiro atoms. The van der Waals surface area contributed by atoms with Crippen LogP contribution in [0.15, 0.2) is 41.3 Å². The van der Waals surface area contributed by atoms with Crippen molar-refractivity contribution in [2.24, 2.45) is 0 Å². The Morgan fingerprint density at radius 1 is 1.06 bits per heavy atom. The van der Waals surface area contributed by atoms with Gasteiger partial charge < -0.3 is 24.4 Å². The summed E-state index contributed by atoms with van der Waals surface area (Å²) in [4.78, 5) is 28.7. The van der Waals surface area contributed by atoms with Crippen molar-refractivity contribution in [1.29, 1.82) is 0 Å². The van der Waals surface area contributed by atoms with E-state index in [0.29, 0.717) is 17.2 Å². The van der Waals surface area contributed by atoms with Gasteiger partial charge in [0.05, 0.1) is 27.0 Å². The Morgan fingerprint density at radius 2 is 1.73 bits per heavy atom. The number of carbonyl (C=O) groups is 2. The molecule has 7 nitrogen and oxygen atoms in total. The molecule has 1 saturated carbocycles. The SMILES string of the molecule is COc1cc([C@H]2CC(=O)N(CC(=O)NC3CCCC3)c3ccccc3S2)cc(OC)c1OC. The molecule has 176 valence electrons. The summed E-state index contributed by atoms with van der Waals surface area (Å²) >= 11 is 1.60. The van der Waals surface area contributed by atoms with Crippen LogP contribution in [-0.4, -0.2) is 45.7 Å². The highest BCUT2D eigenvalue weighted by Gasteiger charge is 2.32. The van der Waals surface area contributed by atoms with Crippen LogP contribution in [-0.2, 0) is 9.59 Å². The highest BCUT2D eigenvalue weighted by atomic mass is 32.2. The van der Waals surface area contributed by atoms with Crippen molar-refractivity contribution in [3.63, 3.8) is 0 Å². The minimum Gasteiger partial charge on any atom is -0.493 e. The number of carbonyl (C=O) groups excluding carboxylic acids is 2. The number of fused-ring (bicyclic) bond motifs is 1. The highest BCUT2D eigenvalue weighted by Crippen LogP contribution is 2.49. The Morgan fingerprint density at radius 3 is 2.36 bits per heavy atom. The van der Waals surface area contributed by atoms with Crippen molar-refractivity contribution >= 4 is 29.3 Å². The predicted molar refractivity (Wildman–Crippen MR) is 129 cm³/mol. The summed E-state index contributed by atoms with van der Waals surface area (Å²) in [5, 5.41) is 2.93. The fourth-order valence-electron chi connectivity index (χ4n) is 4.51. The van der Waals surface area contributed by atoms with Gasteiger partial charge in [-0.1, -0.05) is 25.0 Å². The van der Waals surface area contributed by atoms with E-state index < -0.39 is 0 Å². The van der Waals surface area contributed by atoms with Gasteiger partial charge in [-0.25, -0.2) is 0 Å². The summed E-state index contributed by atoms with van der Waals surface area (Å²) < 4.78 is 16.5. The van der Waals surface area contributed by atoms with Gasteiger partial charge >= 0.3 is 0 Å². The summed E-state index contributed by atoms with van der Waals surface area (Å²) in [5.74, 6) is 1.41. The lowest BCUT2D eigenvalue weighted by Crippen LogP contribution is -2.43. The molecule has 1 N–H and O–H groups in total. The number of nitrogens with zero attached hydrogens (tertiary/aromatic N) is 1. The Labute approximate surface area is 198 Å². The standard InChI is InChI=1S/C25H30N2O5S/c1-30-19-12-16(13-20(31-2)25(19)32-3)22-14-24(29)27(18-10-6-7-11-21(18)33-22)15-23(28)26-17-8-4-5-9-17/h6-7,10-13,17,22H,4-5,8-9,14-15H2,1-3H3,(H,26,28)/t22-/m1/s1. The van der Waals surface area contributed by atoms with Crippen molar-refractivity contribution in [2.45, 2.75) is 48.3 Å². The summed E-state index contributed by atoms with van der Waals surface area (Å²) in [6, 6.07) is 11.7. The molecule has 1 aliphatic carbocycles. The second-order valence-electron chi connectivity index (χ2n) is 8.27. The van der Waals surface area contributed by atoms with Crippen molar-refractivity contribution in [3.8, 4) is 17.2 Å². The van der Waals surface area contributed by atoms with Gasteiger partial charge in [0.2, 0.25) is 17.6 Å². The van der Waals surface area contributed by atoms with Crippen LogP contribution in [0.4, 0.5) is 5.69 Å². The fourth-order valence-corrected chi connectivity index (χ4v) is 5.77. The van der Waals surface area contributed by atoms with Crippen molar-refractivity contribution in [3.05, 3.63) is 42.0 Å². The van der Waals surface area contributed by atoms with E-state index in [2.05, 4.69) is 5.32 Å². The zero-order chi connectivity index (χ0) is 23.4. The number of benzene rings is 2. The number of rotatable bonds is 7. The van der Waals surface area contributed by atoms with Crippen molar-refractivity contribution in [1.82, 2.24) is 5.32 Å². The Kier molecular flexibility index (Phi) is 7.33. The Bertz CT molecular complexity index is 997. The quantitative estimate of drug-likeness (QED) is 0.649. The lowest BCUT2D eigenvalue weighted by atomic mass is 10.1. The summed E-state index contributed by atoms with van der Waals surface area (Å²) in [6.07, 6.45) is 4.55. The second kappa shape index (κ2) is 10.4. The van der Waals surface area contributed by atoms with E-state index in [1.165, 1.54) is 0 Å². The third kappa shape index (κ3) is 5.05. The molecule has 0 saturated heterocycles. The number of anilines is 1. The van der Waals surface area contributed by atoms with E-state index in [4.69, 9.17) is 14.2 Å². The maximum atomic E-state index is 13.4. The zero-order valence-electron chi connectivity index (χ0n) is 19.3. The number of hydrogen-bond donors (Lipinski definition) is 1. The first-order valence-electron chi connectivity index (χ1n) is 11.2. The molecule has 1 fully saturated rings. The van der Waals surface area contributed by atoms with Crippen LogP contribution in [0.3, 0.4) is 0 Å². The van der Waals surface area contributed by atoms with Gasteiger partial charge in [0.1, 0.15) is 6.54 Å². The first kappa shape index (κ1) is 23.3. The molecular weight excluding hydrogens is 440 g/mol. The molecule has 0 radical (unpaired) electrons. The van der Waals surface area contributed by atoms with Crippen molar-refractivity contribution < 1.29 is 23.8 Å². The fraction of sp³-hybridized carbons (Fsp3) is 0.440. The number of amides is 2. The number of ether oxygens (including phenoxy) is 3. The lowest BCUT2D eigenvalue weighted by molar-refractivity contribution is -0.124. The number of nitrogens with one attached hydrogen (secondary N) is 1. The average Bonchev–Trinajstić information content (AvgIpc) is 3.29. The highest BCUT2D eigenvalue weighted by molar-refractivity contribution is 7.99. The topological polar surface area (TPSA) is 77.1 Å². The van der Waals surface area contributed by atoms with Crippen LogP contribution in [0.5, 0.6) is 17.2 Å². The van der Waals surface area contributed by atoms with E-state index in [0.717, 1.165) is 41.8 Å². The number of methoxy groups -OCH3 is 3. The minimum absolute atomic E-state index is 0.0227. The van der Waals surface area contributed by atoms with Gasteiger partial charge in [0.15, 0.2) is 11.5 Å². The molecule has 0 bridgehead atoms. The van der Waals surface area contributed by atoms with Crippen LogP contribution in [0.25, 0.3) is 0 Å². The normalized spacial score (nSPS) is 18.5. The van der Waals surface area contributed by atoms with Crippen LogP contribution in [0.2, 0.25) is 0 Å². The number of para-hydroxylation sites is 1. The van der Waals surface area contributed by atoms with E-state index in [9.17, 15) is 9.59 Å². The second-order valence-corrected chi connectivity index (χ2v) is 9.51. The van der Waals surface area contributed by atoms with Crippen LogP contribution in [0.1, 0.15) is 42.9 Å². The molecule has 33 heavy (non-hydrogen) atoms. The molecular formula is C25H30N2O5S. The van der Waals surface area contributed by atoms with Gasteiger partial charge in [-0.05, 0) is 42.7 Å². The molecule has 4 rings (SSSR count). The molecule has 1 atom stereocenters. The van der Waals surface area contributed by atoms with Crippen LogP contribution in [0, 0.1) is 0 Å². The van der Waals surface area contributed by atoms with Crippen LogP contribution >= 0.6 is 11.8 Å². The van der Waals surface area contributed by atoms with Crippen molar-refractivity contribution in [2.75, 3.05) is 32.8 Å².